The van der Waals surface area contributed by atoms with Crippen molar-refractivity contribution in [2.45, 2.75) is 0 Å². The maximum Gasteiger partial charge on any atom is 0.210 e. The number of benzene rings is 1. The zero-order valence-electron chi connectivity index (χ0n) is 9.00. The van der Waals surface area contributed by atoms with E-state index >= 15 is 0 Å². The molecular weight excluding hydrogens is 332 g/mol. The Labute approximate surface area is 120 Å². The van der Waals surface area contributed by atoms with E-state index in [1.54, 1.807) is 12.4 Å². The monoisotopic (exact) mass is 338 g/mol. The fourth-order valence-corrected chi connectivity index (χ4v) is 3.56. The predicted molar refractivity (Wildman–Crippen MR) is 80.6 cm³/mol. The molecule has 0 aliphatic heterocycles. The molecule has 0 atom stereocenters. The van der Waals surface area contributed by atoms with Gasteiger partial charge < -0.3 is 5.11 Å². The number of aliphatic imine (C=N–C) groups is 1. The van der Waals surface area contributed by atoms with Crippen LogP contribution in [-0.4, -0.2) is 16.3 Å². The van der Waals surface area contributed by atoms with Gasteiger partial charge in [-0.15, -0.1) is 11.3 Å². The Kier molecular flexibility index (Phi) is 3.15. The van der Waals surface area contributed by atoms with Crippen molar-refractivity contribution in [3.8, 4) is 5.75 Å². The molecule has 3 nitrogen and oxygen atoms in total. The van der Waals surface area contributed by atoms with Gasteiger partial charge in [-0.25, -0.2) is 9.98 Å². The van der Waals surface area contributed by atoms with Crippen LogP contribution in [0.2, 0.25) is 0 Å². The molecule has 0 saturated carbocycles. The number of fused-ring (bicyclic) bond motifs is 1. The normalized spacial score (nSPS) is 11.6. The lowest BCUT2D eigenvalue weighted by atomic mass is 10.2. The van der Waals surface area contributed by atoms with Crippen molar-refractivity contribution < 1.29 is 5.11 Å². The number of nitrogens with zero attached hydrogens (tertiary/aromatic N) is 2. The first-order valence-corrected chi connectivity index (χ1v) is 7.52. The fourth-order valence-electron chi connectivity index (χ4n) is 1.56. The number of aromatic hydroxyl groups is 1. The van der Waals surface area contributed by atoms with Gasteiger partial charge in [-0.2, -0.15) is 0 Å². The fraction of sp³-hybridized carbons (Fsp3) is 0. The molecule has 1 aromatic carbocycles. The third kappa shape index (κ3) is 2.19. The molecule has 0 bridgehead atoms. The van der Waals surface area contributed by atoms with Crippen molar-refractivity contribution in [1.82, 2.24) is 4.98 Å². The minimum absolute atomic E-state index is 0.287. The maximum absolute atomic E-state index is 10.1. The highest BCUT2D eigenvalue weighted by Crippen LogP contribution is 2.36. The minimum atomic E-state index is 0.287. The lowest BCUT2D eigenvalue weighted by Gasteiger charge is -1.89. The van der Waals surface area contributed by atoms with Crippen molar-refractivity contribution in [3.63, 3.8) is 0 Å². The summed E-state index contributed by atoms with van der Waals surface area (Å²) in [6.07, 6.45) is 3.37. The lowest BCUT2D eigenvalue weighted by Crippen LogP contribution is -1.73. The summed E-state index contributed by atoms with van der Waals surface area (Å²) >= 11 is 6.30. The van der Waals surface area contributed by atoms with Gasteiger partial charge in [0.25, 0.3) is 0 Å². The average Bonchev–Trinajstić information content (AvgIpc) is 2.92. The summed E-state index contributed by atoms with van der Waals surface area (Å²) in [7, 11) is 0. The van der Waals surface area contributed by atoms with E-state index < -0.39 is 0 Å². The Hall–Kier alpha value is -1.24. The van der Waals surface area contributed by atoms with Crippen LogP contribution in [0.1, 0.15) is 4.88 Å². The quantitative estimate of drug-likeness (QED) is 0.695. The molecule has 0 amide bonds. The Morgan fingerprint density at radius 1 is 1.28 bits per heavy atom. The second kappa shape index (κ2) is 4.79. The van der Waals surface area contributed by atoms with Crippen molar-refractivity contribution in [2.75, 3.05) is 0 Å². The van der Waals surface area contributed by atoms with Gasteiger partial charge in [0.05, 0.1) is 21.1 Å². The van der Waals surface area contributed by atoms with Crippen molar-refractivity contribution in [1.29, 1.82) is 0 Å². The van der Waals surface area contributed by atoms with Crippen LogP contribution in [-0.2, 0) is 0 Å². The van der Waals surface area contributed by atoms with Gasteiger partial charge in [0.15, 0.2) is 0 Å². The number of thiazole rings is 1. The van der Waals surface area contributed by atoms with E-state index in [4.69, 9.17) is 0 Å². The van der Waals surface area contributed by atoms with Gasteiger partial charge in [0.2, 0.25) is 5.13 Å². The van der Waals surface area contributed by atoms with Crippen LogP contribution in [0.15, 0.2) is 39.2 Å². The first kappa shape index (κ1) is 11.8. The SMILES string of the molecule is Oc1c(/C=N/c2ncc(Br)s2)sc2ccccc12. The summed E-state index contributed by atoms with van der Waals surface area (Å²) in [4.78, 5) is 9.12. The van der Waals surface area contributed by atoms with Crippen molar-refractivity contribution in [3.05, 3.63) is 39.1 Å². The molecule has 0 saturated heterocycles. The van der Waals surface area contributed by atoms with E-state index in [9.17, 15) is 5.11 Å². The minimum Gasteiger partial charge on any atom is -0.506 e. The molecular formula is C12H7BrN2OS2. The Bertz CT molecular complexity index is 733. The second-order valence-corrected chi connectivity index (χ2v) is 6.99. The van der Waals surface area contributed by atoms with Crippen LogP contribution in [0.5, 0.6) is 5.75 Å². The molecule has 1 N–H and O–H groups in total. The van der Waals surface area contributed by atoms with E-state index in [-0.39, 0.29) is 5.75 Å². The standard InChI is InChI=1S/C12H7BrN2OS2/c13-10-6-15-12(18-10)14-5-9-11(16)7-3-1-2-4-8(7)17-9/h1-6,16H/b14-5+. The third-order valence-electron chi connectivity index (χ3n) is 2.35. The van der Waals surface area contributed by atoms with Gasteiger partial charge in [0, 0.05) is 10.1 Å². The van der Waals surface area contributed by atoms with Crippen LogP contribution in [0.25, 0.3) is 10.1 Å². The highest BCUT2D eigenvalue weighted by Gasteiger charge is 2.08. The molecule has 3 aromatic rings. The van der Waals surface area contributed by atoms with Gasteiger partial charge >= 0.3 is 0 Å². The number of hydrogen-bond donors (Lipinski definition) is 1. The van der Waals surface area contributed by atoms with E-state index in [0.717, 1.165) is 18.7 Å². The van der Waals surface area contributed by atoms with Crippen LogP contribution in [0.4, 0.5) is 5.13 Å². The summed E-state index contributed by atoms with van der Waals surface area (Å²) in [6, 6.07) is 7.75. The molecule has 6 heteroatoms. The molecule has 0 spiro atoms. The van der Waals surface area contributed by atoms with Gasteiger partial charge in [-0.1, -0.05) is 23.5 Å². The summed E-state index contributed by atoms with van der Waals surface area (Å²) in [5.74, 6) is 0.287. The molecule has 2 aromatic heterocycles. The number of rotatable bonds is 2. The molecule has 0 radical (unpaired) electrons. The van der Waals surface area contributed by atoms with E-state index in [0.29, 0.717) is 5.13 Å². The molecule has 2 heterocycles. The van der Waals surface area contributed by atoms with Crippen LogP contribution in [0.3, 0.4) is 0 Å². The number of thiophene rings is 1. The van der Waals surface area contributed by atoms with Gasteiger partial charge in [0.1, 0.15) is 5.75 Å². The maximum atomic E-state index is 10.1. The highest BCUT2D eigenvalue weighted by molar-refractivity contribution is 9.11. The molecule has 0 aliphatic rings. The second-order valence-electron chi connectivity index (χ2n) is 3.52. The molecule has 0 aliphatic carbocycles. The molecule has 0 fully saturated rings. The van der Waals surface area contributed by atoms with Crippen LogP contribution in [0, 0.1) is 0 Å². The number of hydrogen-bond acceptors (Lipinski definition) is 5. The van der Waals surface area contributed by atoms with Gasteiger partial charge in [-0.3, -0.25) is 0 Å². The molecule has 90 valence electrons. The molecule has 3 rings (SSSR count). The van der Waals surface area contributed by atoms with Crippen LogP contribution >= 0.6 is 38.6 Å². The predicted octanol–water partition coefficient (Wildman–Crippen LogP) is 4.58. The van der Waals surface area contributed by atoms with Gasteiger partial charge in [-0.05, 0) is 28.1 Å². The zero-order valence-corrected chi connectivity index (χ0v) is 12.2. The topological polar surface area (TPSA) is 45.5 Å². The van der Waals surface area contributed by atoms with Crippen LogP contribution < -0.4 is 0 Å². The Balaban J connectivity index is 2.00. The third-order valence-corrected chi connectivity index (χ3v) is 4.83. The van der Waals surface area contributed by atoms with E-state index in [1.807, 2.05) is 24.3 Å². The molecule has 0 unspecified atom stereocenters. The largest absolute Gasteiger partial charge is 0.506 e. The zero-order chi connectivity index (χ0) is 12.5. The Morgan fingerprint density at radius 2 is 2.11 bits per heavy atom. The molecule has 18 heavy (non-hydrogen) atoms. The average molecular weight is 339 g/mol. The summed E-state index contributed by atoms with van der Waals surface area (Å²) in [6.45, 7) is 0. The van der Waals surface area contributed by atoms with Crippen molar-refractivity contribution in [2.24, 2.45) is 4.99 Å². The summed E-state index contributed by atoms with van der Waals surface area (Å²) < 4.78 is 1.99. The first-order chi connectivity index (χ1) is 8.74. The Morgan fingerprint density at radius 3 is 2.83 bits per heavy atom. The van der Waals surface area contributed by atoms with E-state index in [2.05, 4.69) is 25.9 Å². The lowest BCUT2D eigenvalue weighted by molar-refractivity contribution is 0.483. The highest BCUT2D eigenvalue weighted by atomic mass is 79.9. The summed E-state index contributed by atoms with van der Waals surface area (Å²) in [5.41, 5.74) is 0. The van der Waals surface area contributed by atoms with Crippen molar-refractivity contribution >= 4 is 60.0 Å². The number of halogens is 1. The summed E-state index contributed by atoms with van der Waals surface area (Å²) in [5, 5.41) is 11.6. The first-order valence-electron chi connectivity index (χ1n) is 5.10. The smallest absolute Gasteiger partial charge is 0.210 e. The van der Waals surface area contributed by atoms with E-state index in [1.165, 1.54) is 22.7 Å². The number of aromatic nitrogens is 1.